The molecule has 0 amide bonds. The Balaban J connectivity index is 1.27. The molecule has 6 rings (SSSR count). The van der Waals surface area contributed by atoms with Crippen molar-refractivity contribution in [1.82, 2.24) is 24.3 Å². The first-order valence-corrected chi connectivity index (χ1v) is 13.6. The smallest absolute Gasteiger partial charge is 0.0786 e. The molecule has 1 unspecified atom stereocenters. The number of benzene rings is 1. The summed E-state index contributed by atoms with van der Waals surface area (Å²) in [6.45, 7) is 6.87. The molecule has 0 radical (unpaired) electrons. The highest BCUT2D eigenvalue weighted by Crippen LogP contribution is 2.35. The molecule has 1 aliphatic carbocycles. The highest BCUT2D eigenvalue weighted by Gasteiger charge is 2.26. The molecule has 1 aromatic carbocycles. The van der Waals surface area contributed by atoms with Gasteiger partial charge in [-0.05, 0) is 69.5 Å². The van der Waals surface area contributed by atoms with Crippen molar-refractivity contribution in [2.45, 2.75) is 51.2 Å². The van der Waals surface area contributed by atoms with Gasteiger partial charge in [0.2, 0.25) is 0 Å². The van der Waals surface area contributed by atoms with Crippen LogP contribution in [0.25, 0.3) is 21.8 Å². The van der Waals surface area contributed by atoms with E-state index in [0.717, 1.165) is 65.2 Å². The highest BCUT2D eigenvalue weighted by atomic mass is 16.5. The molecule has 4 heterocycles. The van der Waals surface area contributed by atoms with Crippen molar-refractivity contribution in [2.75, 3.05) is 39.9 Å². The normalized spacial score (nSPS) is 18.8. The SMILES string of the molecule is CN(Cc1nccc2c3ccccc3n(CCCCN3CCOCC3)c12)C1CCCc2cccnc21. The van der Waals surface area contributed by atoms with Gasteiger partial charge in [0, 0.05) is 54.9 Å². The van der Waals surface area contributed by atoms with E-state index in [1.807, 2.05) is 12.4 Å². The van der Waals surface area contributed by atoms with E-state index in [1.165, 1.54) is 51.6 Å². The highest BCUT2D eigenvalue weighted by molar-refractivity contribution is 6.08. The predicted octanol–water partition coefficient (Wildman–Crippen LogP) is 5.21. The van der Waals surface area contributed by atoms with Crippen LogP contribution in [0, 0.1) is 0 Å². The average molecular weight is 484 g/mol. The molecule has 2 aliphatic rings. The molecule has 188 valence electrons. The lowest BCUT2D eigenvalue weighted by atomic mass is 9.91. The Labute approximate surface area is 213 Å². The summed E-state index contributed by atoms with van der Waals surface area (Å²) in [5, 5.41) is 2.65. The number of hydrogen-bond donors (Lipinski definition) is 0. The molecule has 6 nitrogen and oxygen atoms in total. The zero-order chi connectivity index (χ0) is 24.3. The molecule has 0 N–H and O–H groups in total. The number of rotatable bonds is 8. The van der Waals surface area contributed by atoms with Gasteiger partial charge in [-0.1, -0.05) is 24.3 Å². The number of pyridine rings is 2. The number of nitrogens with zero attached hydrogens (tertiary/aromatic N) is 5. The average Bonchev–Trinajstić information content (AvgIpc) is 3.26. The van der Waals surface area contributed by atoms with E-state index < -0.39 is 0 Å². The second-order valence-electron chi connectivity index (χ2n) is 10.4. The maximum atomic E-state index is 5.51. The van der Waals surface area contributed by atoms with Crippen LogP contribution in [-0.2, 0) is 24.2 Å². The Kier molecular flexibility index (Phi) is 6.99. The van der Waals surface area contributed by atoms with Gasteiger partial charge in [0.25, 0.3) is 0 Å². The third-order valence-electron chi connectivity index (χ3n) is 8.06. The van der Waals surface area contributed by atoms with Gasteiger partial charge in [0.05, 0.1) is 36.2 Å². The second kappa shape index (κ2) is 10.7. The fourth-order valence-corrected chi connectivity index (χ4v) is 6.21. The standard InChI is InChI=1S/C30H37N5O/c1-33(28-12-6-8-23-9-7-14-32-29(23)28)22-26-30-25(13-15-31-26)24-10-2-3-11-27(24)35(30)17-5-4-16-34-18-20-36-21-19-34/h2-3,7,9-11,13-15,28H,4-6,8,12,16-22H2,1H3. The Morgan fingerprint density at radius 2 is 1.81 bits per heavy atom. The predicted molar refractivity (Wildman–Crippen MR) is 145 cm³/mol. The number of morpholine rings is 1. The van der Waals surface area contributed by atoms with Crippen molar-refractivity contribution in [1.29, 1.82) is 0 Å². The fraction of sp³-hybridized carbons (Fsp3) is 0.467. The quantitative estimate of drug-likeness (QED) is 0.322. The van der Waals surface area contributed by atoms with Gasteiger partial charge in [-0.3, -0.25) is 19.8 Å². The lowest BCUT2D eigenvalue weighted by molar-refractivity contribution is 0.0371. The zero-order valence-electron chi connectivity index (χ0n) is 21.4. The van der Waals surface area contributed by atoms with Crippen LogP contribution in [-0.4, -0.2) is 64.2 Å². The largest absolute Gasteiger partial charge is 0.379 e. The van der Waals surface area contributed by atoms with E-state index in [0.29, 0.717) is 6.04 Å². The molecular weight excluding hydrogens is 446 g/mol. The molecule has 36 heavy (non-hydrogen) atoms. The maximum Gasteiger partial charge on any atom is 0.0786 e. The summed E-state index contributed by atoms with van der Waals surface area (Å²) >= 11 is 0. The third kappa shape index (κ3) is 4.65. The number of aromatic nitrogens is 3. The van der Waals surface area contributed by atoms with Crippen molar-refractivity contribution in [3.05, 3.63) is 71.8 Å². The monoisotopic (exact) mass is 483 g/mol. The van der Waals surface area contributed by atoms with Crippen molar-refractivity contribution >= 4 is 21.8 Å². The molecule has 4 aromatic rings. The van der Waals surface area contributed by atoms with E-state index >= 15 is 0 Å². The van der Waals surface area contributed by atoms with Crippen LogP contribution in [0.3, 0.4) is 0 Å². The molecule has 1 saturated heterocycles. The fourth-order valence-electron chi connectivity index (χ4n) is 6.21. The number of para-hydroxylation sites is 1. The first-order chi connectivity index (χ1) is 17.8. The van der Waals surface area contributed by atoms with E-state index in [1.54, 1.807) is 0 Å². The Hall–Kier alpha value is -2.80. The lowest BCUT2D eigenvalue weighted by Crippen LogP contribution is -2.36. The zero-order valence-corrected chi connectivity index (χ0v) is 21.4. The number of aryl methyl sites for hydroxylation is 2. The summed E-state index contributed by atoms with van der Waals surface area (Å²) in [5.41, 5.74) is 6.44. The lowest BCUT2D eigenvalue weighted by Gasteiger charge is -2.32. The molecule has 0 bridgehead atoms. The second-order valence-corrected chi connectivity index (χ2v) is 10.4. The minimum atomic E-state index is 0.346. The summed E-state index contributed by atoms with van der Waals surface area (Å²) in [7, 11) is 2.24. The molecule has 1 aliphatic heterocycles. The van der Waals surface area contributed by atoms with E-state index in [4.69, 9.17) is 14.7 Å². The summed E-state index contributed by atoms with van der Waals surface area (Å²) in [6.07, 6.45) is 9.81. The molecule has 1 fully saturated rings. The van der Waals surface area contributed by atoms with Gasteiger partial charge in [-0.15, -0.1) is 0 Å². The van der Waals surface area contributed by atoms with Crippen LogP contribution in [0.2, 0.25) is 0 Å². The molecule has 6 heteroatoms. The number of fused-ring (bicyclic) bond motifs is 4. The number of unbranched alkanes of at least 4 members (excludes halogenated alkanes) is 1. The van der Waals surface area contributed by atoms with Crippen LogP contribution in [0.1, 0.15) is 48.7 Å². The van der Waals surface area contributed by atoms with E-state index in [9.17, 15) is 0 Å². The van der Waals surface area contributed by atoms with Gasteiger partial charge in [-0.25, -0.2) is 0 Å². The van der Waals surface area contributed by atoms with Gasteiger partial charge in [-0.2, -0.15) is 0 Å². The number of hydrogen-bond acceptors (Lipinski definition) is 5. The summed E-state index contributed by atoms with van der Waals surface area (Å²) in [5.74, 6) is 0. The van der Waals surface area contributed by atoms with Crippen LogP contribution in [0.4, 0.5) is 0 Å². The van der Waals surface area contributed by atoms with Crippen molar-refractivity contribution in [3.63, 3.8) is 0 Å². The van der Waals surface area contributed by atoms with Crippen LogP contribution < -0.4 is 0 Å². The van der Waals surface area contributed by atoms with E-state index in [-0.39, 0.29) is 0 Å². The number of ether oxygens (including phenoxy) is 1. The minimum Gasteiger partial charge on any atom is -0.379 e. The van der Waals surface area contributed by atoms with Crippen LogP contribution in [0.5, 0.6) is 0 Å². The van der Waals surface area contributed by atoms with Crippen molar-refractivity contribution in [3.8, 4) is 0 Å². The molecule has 3 aromatic heterocycles. The van der Waals surface area contributed by atoms with Crippen LogP contribution >= 0.6 is 0 Å². The summed E-state index contributed by atoms with van der Waals surface area (Å²) in [6, 6.07) is 15.7. The van der Waals surface area contributed by atoms with Crippen molar-refractivity contribution in [2.24, 2.45) is 0 Å². The summed E-state index contributed by atoms with van der Waals surface area (Å²) < 4.78 is 8.04. The first-order valence-electron chi connectivity index (χ1n) is 13.6. The van der Waals surface area contributed by atoms with Crippen molar-refractivity contribution < 1.29 is 4.74 Å². The van der Waals surface area contributed by atoms with E-state index in [2.05, 4.69) is 63.9 Å². The van der Waals surface area contributed by atoms with Gasteiger partial charge in [0.15, 0.2) is 0 Å². The minimum absolute atomic E-state index is 0.346. The van der Waals surface area contributed by atoms with Gasteiger partial charge >= 0.3 is 0 Å². The first kappa shape index (κ1) is 23.6. The molecule has 0 saturated carbocycles. The Morgan fingerprint density at radius 3 is 2.72 bits per heavy atom. The molecule has 1 atom stereocenters. The third-order valence-corrected chi connectivity index (χ3v) is 8.06. The Morgan fingerprint density at radius 1 is 0.944 bits per heavy atom. The topological polar surface area (TPSA) is 46.4 Å². The van der Waals surface area contributed by atoms with Crippen LogP contribution in [0.15, 0.2) is 54.9 Å². The van der Waals surface area contributed by atoms with Gasteiger partial charge < -0.3 is 9.30 Å². The maximum absolute atomic E-state index is 5.51. The molecule has 0 spiro atoms. The Bertz CT molecular complexity index is 1330. The summed E-state index contributed by atoms with van der Waals surface area (Å²) in [4.78, 5) is 14.7. The van der Waals surface area contributed by atoms with Gasteiger partial charge in [0.1, 0.15) is 0 Å². The molecular formula is C30H37N5O.